The number of nitrogens with zero attached hydrogens (tertiary/aromatic N) is 2. The first kappa shape index (κ1) is 18.3. The first-order valence-corrected chi connectivity index (χ1v) is 8.25. The molecule has 1 heterocycles. The molecule has 0 spiro atoms. The molecule has 0 fully saturated rings. The summed E-state index contributed by atoms with van der Waals surface area (Å²) in [5, 5.41) is 2.19. The fourth-order valence-corrected chi connectivity index (χ4v) is 2.74. The quantitative estimate of drug-likeness (QED) is 0.629. The third-order valence-corrected chi connectivity index (χ3v) is 3.96. The van der Waals surface area contributed by atoms with Crippen LogP contribution >= 0.6 is 11.3 Å². The average Bonchev–Trinajstić information content (AvgIpc) is 3.02. The zero-order chi connectivity index (χ0) is 18.4. The molecule has 2 aromatic rings. The highest BCUT2D eigenvalue weighted by atomic mass is 32.1. The molecule has 0 aliphatic heterocycles. The maximum absolute atomic E-state index is 12.0. The van der Waals surface area contributed by atoms with Gasteiger partial charge in [0.05, 0.1) is 11.4 Å². The number of primary amides is 1. The number of para-hydroxylation sites is 1. The van der Waals surface area contributed by atoms with E-state index in [-0.39, 0.29) is 5.91 Å². The number of ether oxygens (including phenoxy) is 1. The number of esters is 1. The van der Waals surface area contributed by atoms with Crippen molar-refractivity contribution in [3.63, 3.8) is 0 Å². The van der Waals surface area contributed by atoms with Crippen molar-refractivity contribution in [1.29, 1.82) is 0 Å². The summed E-state index contributed by atoms with van der Waals surface area (Å²) in [5.74, 6) is -1.60. The topological polar surface area (TPSA) is 103 Å². The lowest BCUT2D eigenvalue weighted by Crippen LogP contribution is -2.29. The molecule has 0 unspecified atom stereocenters. The maximum atomic E-state index is 12.0. The largest absolute Gasteiger partial charge is 0.449 e. The first-order chi connectivity index (χ1) is 11.9. The summed E-state index contributed by atoms with van der Waals surface area (Å²) < 4.78 is 4.81. The Hall–Kier alpha value is -3.00. The van der Waals surface area contributed by atoms with E-state index >= 15 is 0 Å². The van der Waals surface area contributed by atoms with E-state index in [2.05, 4.69) is 4.98 Å². The highest BCUT2D eigenvalue weighted by Crippen LogP contribution is 2.28. The van der Waals surface area contributed by atoms with Gasteiger partial charge < -0.3 is 10.5 Å². The third kappa shape index (κ3) is 4.98. The summed E-state index contributed by atoms with van der Waals surface area (Å²) in [5.41, 5.74) is 6.22. The molecule has 7 nitrogen and oxygen atoms in total. The number of aromatic nitrogens is 1. The number of thiazole rings is 1. The van der Waals surface area contributed by atoms with Crippen molar-refractivity contribution in [2.24, 2.45) is 5.73 Å². The summed E-state index contributed by atoms with van der Waals surface area (Å²) >= 11 is 1.27. The van der Waals surface area contributed by atoms with Crippen LogP contribution in [0.5, 0.6) is 0 Å². The third-order valence-electron chi connectivity index (χ3n) is 3.11. The zero-order valence-electron chi connectivity index (χ0n) is 13.7. The number of carbonyl (C=O) groups excluding carboxylic acids is 3. The van der Waals surface area contributed by atoms with Crippen LogP contribution in [-0.4, -0.2) is 28.9 Å². The number of benzene rings is 1. The van der Waals surface area contributed by atoms with Crippen LogP contribution in [0.2, 0.25) is 0 Å². The second kappa shape index (κ2) is 8.20. The van der Waals surface area contributed by atoms with Crippen LogP contribution in [0.3, 0.4) is 0 Å². The van der Waals surface area contributed by atoms with E-state index in [1.807, 2.05) is 18.2 Å². The van der Waals surface area contributed by atoms with Crippen LogP contribution in [0.25, 0.3) is 6.08 Å². The predicted molar refractivity (Wildman–Crippen MR) is 95.2 cm³/mol. The van der Waals surface area contributed by atoms with Crippen molar-refractivity contribution in [2.45, 2.75) is 20.0 Å². The molecule has 8 heteroatoms. The van der Waals surface area contributed by atoms with Crippen LogP contribution in [0, 0.1) is 0 Å². The van der Waals surface area contributed by atoms with Crippen LogP contribution in [0.4, 0.5) is 10.8 Å². The highest BCUT2D eigenvalue weighted by molar-refractivity contribution is 7.14. The van der Waals surface area contributed by atoms with E-state index in [9.17, 15) is 14.4 Å². The van der Waals surface area contributed by atoms with Gasteiger partial charge >= 0.3 is 5.97 Å². The summed E-state index contributed by atoms with van der Waals surface area (Å²) in [6.07, 6.45) is 1.59. The number of anilines is 2. The number of carbonyl (C=O) groups is 3. The van der Waals surface area contributed by atoms with Crippen LogP contribution < -0.4 is 10.6 Å². The summed E-state index contributed by atoms with van der Waals surface area (Å²) in [6.45, 7) is 2.84. The molecule has 25 heavy (non-hydrogen) atoms. The number of amides is 2. The van der Waals surface area contributed by atoms with Crippen molar-refractivity contribution in [2.75, 3.05) is 4.90 Å². The molecule has 130 valence electrons. The van der Waals surface area contributed by atoms with Crippen LogP contribution in [0.15, 0.2) is 41.8 Å². The number of nitrogens with two attached hydrogens (primary N) is 1. The second-order valence-corrected chi connectivity index (χ2v) is 5.90. The molecule has 0 aliphatic carbocycles. The van der Waals surface area contributed by atoms with Gasteiger partial charge in [-0.15, -0.1) is 11.3 Å². The highest BCUT2D eigenvalue weighted by Gasteiger charge is 2.17. The van der Waals surface area contributed by atoms with Gasteiger partial charge in [-0.05, 0) is 25.1 Å². The molecule has 1 aromatic carbocycles. The monoisotopic (exact) mass is 359 g/mol. The molecule has 0 aliphatic rings. The van der Waals surface area contributed by atoms with Gasteiger partial charge in [-0.2, -0.15) is 0 Å². The van der Waals surface area contributed by atoms with E-state index in [1.54, 1.807) is 17.5 Å². The van der Waals surface area contributed by atoms with E-state index in [4.69, 9.17) is 10.5 Å². The summed E-state index contributed by atoms with van der Waals surface area (Å²) in [4.78, 5) is 40.2. The molecular formula is C17H17N3O4S. The van der Waals surface area contributed by atoms with Gasteiger partial charge in [0.2, 0.25) is 5.91 Å². The Kier molecular flexibility index (Phi) is 6.02. The molecule has 1 atom stereocenters. The minimum Gasteiger partial charge on any atom is -0.449 e. The smallest absolute Gasteiger partial charge is 0.331 e. The Morgan fingerprint density at radius 3 is 2.56 bits per heavy atom. The minimum atomic E-state index is -1.01. The Labute approximate surface area is 148 Å². The lowest BCUT2D eigenvalue weighted by atomic mass is 10.3. The molecule has 0 radical (unpaired) electrons. The molecular weight excluding hydrogens is 342 g/mol. The van der Waals surface area contributed by atoms with Gasteiger partial charge in [0.25, 0.3) is 5.91 Å². The predicted octanol–water partition coefficient (Wildman–Crippen LogP) is 2.26. The molecule has 0 saturated heterocycles. The fourth-order valence-electron chi connectivity index (χ4n) is 1.88. The Balaban J connectivity index is 2.13. The molecule has 2 N–H and O–H groups in total. The molecule has 2 rings (SSSR count). The SMILES string of the molecule is CC(=O)N(c1ccccc1)c1nc(/C=C/C(=O)O[C@H](C)C(N)=O)cs1. The number of hydrogen-bond acceptors (Lipinski definition) is 6. The Morgan fingerprint density at radius 2 is 1.96 bits per heavy atom. The van der Waals surface area contributed by atoms with E-state index in [0.717, 1.165) is 6.08 Å². The Morgan fingerprint density at radius 1 is 1.28 bits per heavy atom. The molecule has 0 bridgehead atoms. The van der Waals surface area contributed by atoms with Crippen molar-refractivity contribution in [3.8, 4) is 0 Å². The van der Waals surface area contributed by atoms with Gasteiger partial charge in [0.1, 0.15) is 0 Å². The standard InChI is InChI=1S/C17H17N3O4S/c1-11(16(18)23)24-15(22)9-8-13-10-25-17(19-13)20(12(2)21)14-6-4-3-5-7-14/h3-11H,1-2H3,(H2,18,23)/b9-8+/t11-/m1/s1. The normalized spacial score (nSPS) is 11.9. The maximum Gasteiger partial charge on any atom is 0.331 e. The van der Waals surface area contributed by atoms with Crippen molar-refractivity contribution in [3.05, 3.63) is 47.5 Å². The lowest BCUT2D eigenvalue weighted by Gasteiger charge is -2.17. The average molecular weight is 359 g/mol. The van der Waals surface area contributed by atoms with Gasteiger partial charge in [-0.1, -0.05) is 18.2 Å². The van der Waals surface area contributed by atoms with E-state index in [1.165, 1.54) is 36.2 Å². The van der Waals surface area contributed by atoms with Gasteiger partial charge in [0.15, 0.2) is 11.2 Å². The number of rotatable bonds is 6. The first-order valence-electron chi connectivity index (χ1n) is 7.37. The van der Waals surface area contributed by atoms with E-state index in [0.29, 0.717) is 16.5 Å². The van der Waals surface area contributed by atoms with Crippen LogP contribution in [0.1, 0.15) is 19.5 Å². The van der Waals surface area contributed by atoms with Gasteiger partial charge in [-0.25, -0.2) is 9.78 Å². The van der Waals surface area contributed by atoms with Gasteiger partial charge in [-0.3, -0.25) is 14.5 Å². The van der Waals surface area contributed by atoms with Crippen molar-refractivity contribution >= 4 is 46.0 Å². The van der Waals surface area contributed by atoms with Gasteiger partial charge in [0, 0.05) is 18.4 Å². The van der Waals surface area contributed by atoms with Crippen LogP contribution in [-0.2, 0) is 19.1 Å². The van der Waals surface area contributed by atoms with E-state index < -0.39 is 18.0 Å². The molecule has 0 saturated carbocycles. The Bertz CT molecular complexity index is 801. The second-order valence-electron chi connectivity index (χ2n) is 5.06. The minimum absolute atomic E-state index is 0.175. The summed E-state index contributed by atoms with van der Waals surface area (Å²) in [6, 6.07) is 9.13. The molecule has 2 amide bonds. The molecule has 1 aromatic heterocycles. The van der Waals surface area contributed by atoms with Crippen molar-refractivity contribution in [1.82, 2.24) is 4.98 Å². The zero-order valence-corrected chi connectivity index (χ0v) is 14.5. The lowest BCUT2D eigenvalue weighted by molar-refractivity contribution is -0.148. The fraction of sp³-hybridized carbons (Fsp3) is 0.176. The van der Waals surface area contributed by atoms with Crippen molar-refractivity contribution < 1.29 is 19.1 Å². The summed E-state index contributed by atoms with van der Waals surface area (Å²) in [7, 11) is 0. The number of hydrogen-bond donors (Lipinski definition) is 1.